The van der Waals surface area contributed by atoms with Crippen LogP contribution < -0.4 is 9.62 Å². The second-order valence-electron chi connectivity index (χ2n) is 4.63. The predicted molar refractivity (Wildman–Crippen MR) is 87.8 cm³/mol. The molecule has 116 valence electrons. The fourth-order valence-corrected chi connectivity index (χ4v) is 3.59. The van der Waals surface area contributed by atoms with E-state index in [1.165, 1.54) is 26.1 Å². The summed E-state index contributed by atoms with van der Waals surface area (Å²) in [4.78, 5) is 11.0. The van der Waals surface area contributed by atoms with Crippen molar-refractivity contribution in [3.63, 3.8) is 0 Å². The van der Waals surface area contributed by atoms with Crippen molar-refractivity contribution in [2.75, 3.05) is 16.7 Å². The van der Waals surface area contributed by atoms with E-state index in [-0.39, 0.29) is 15.8 Å². The normalized spacial score (nSPS) is 11.0. The lowest BCUT2D eigenvalue weighted by atomic mass is 10.3. The van der Waals surface area contributed by atoms with Gasteiger partial charge in [0.05, 0.1) is 10.7 Å². The van der Waals surface area contributed by atoms with Gasteiger partial charge in [-0.05, 0) is 36.4 Å². The average molecular weight is 339 g/mol. The number of nitrogens with zero attached hydrogens (tertiary/aromatic N) is 1. The van der Waals surface area contributed by atoms with Gasteiger partial charge in [0.25, 0.3) is 10.0 Å². The third kappa shape index (κ3) is 3.40. The lowest BCUT2D eigenvalue weighted by Gasteiger charge is -2.20. The van der Waals surface area contributed by atoms with E-state index >= 15 is 0 Å². The summed E-state index contributed by atoms with van der Waals surface area (Å²) < 4.78 is 26.3. The molecule has 0 fully saturated rings. The zero-order valence-electron chi connectivity index (χ0n) is 12.1. The van der Waals surface area contributed by atoms with E-state index in [0.717, 1.165) is 4.31 Å². The molecule has 1 amide bonds. The second-order valence-corrected chi connectivity index (χ2v) is 6.98. The van der Waals surface area contributed by atoms with Crippen molar-refractivity contribution in [2.24, 2.45) is 0 Å². The van der Waals surface area contributed by atoms with Crippen LogP contribution in [0.1, 0.15) is 6.92 Å². The number of carbonyl (C=O) groups excluding carboxylic acids is 1. The molecular formula is C15H15ClN2O3S. The van der Waals surface area contributed by atoms with Gasteiger partial charge in [-0.3, -0.25) is 9.10 Å². The van der Waals surface area contributed by atoms with Crippen LogP contribution in [0.3, 0.4) is 0 Å². The van der Waals surface area contributed by atoms with Crippen molar-refractivity contribution in [2.45, 2.75) is 11.8 Å². The quantitative estimate of drug-likeness (QED) is 0.931. The third-order valence-electron chi connectivity index (χ3n) is 3.03. The van der Waals surface area contributed by atoms with Crippen molar-refractivity contribution in [3.05, 3.63) is 53.6 Å². The molecule has 0 aliphatic rings. The smallest absolute Gasteiger partial charge is 0.265 e. The van der Waals surface area contributed by atoms with E-state index in [1.807, 2.05) is 0 Å². The number of anilines is 2. The minimum atomic E-state index is -3.74. The van der Waals surface area contributed by atoms with E-state index < -0.39 is 10.0 Å². The van der Waals surface area contributed by atoms with Gasteiger partial charge in [0.2, 0.25) is 5.91 Å². The van der Waals surface area contributed by atoms with Gasteiger partial charge >= 0.3 is 0 Å². The fraction of sp³-hybridized carbons (Fsp3) is 0.133. The van der Waals surface area contributed by atoms with E-state index in [2.05, 4.69) is 5.32 Å². The molecular weight excluding hydrogens is 324 g/mol. The minimum Gasteiger partial charge on any atom is -0.326 e. The first-order valence-corrected chi connectivity index (χ1v) is 8.25. The number of nitrogens with one attached hydrogen (secondary N) is 1. The topological polar surface area (TPSA) is 66.5 Å². The summed E-state index contributed by atoms with van der Waals surface area (Å²) in [6, 6.07) is 12.8. The van der Waals surface area contributed by atoms with Crippen molar-refractivity contribution in [1.29, 1.82) is 0 Å². The molecule has 0 spiro atoms. The number of sulfonamides is 1. The number of halogens is 1. The molecule has 0 radical (unpaired) electrons. The Morgan fingerprint density at radius 2 is 1.68 bits per heavy atom. The summed E-state index contributed by atoms with van der Waals surface area (Å²) >= 11 is 5.97. The Balaban J connectivity index is 2.33. The predicted octanol–water partition coefficient (Wildman–Crippen LogP) is 3.12. The van der Waals surface area contributed by atoms with Gasteiger partial charge in [0.1, 0.15) is 4.90 Å². The number of rotatable bonds is 4. The van der Waals surface area contributed by atoms with Gasteiger partial charge in [-0.1, -0.05) is 23.7 Å². The molecule has 5 nitrogen and oxygen atoms in total. The molecule has 0 aromatic heterocycles. The van der Waals surface area contributed by atoms with Gasteiger partial charge in [-0.2, -0.15) is 0 Å². The van der Waals surface area contributed by atoms with E-state index in [4.69, 9.17) is 11.6 Å². The Kier molecular flexibility index (Phi) is 4.73. The number of hydrogen-bond donors (Lipinski definition) is 1. The first kappa shape index (κ1) is 16.3. The molecule has 0 saturated carbocycles. The molecule has 22 heavy (non-hydrogen) atoms. The standard InChI is InChI=1S/C15H15ClN2O3S/c1-11(19)17-12-7-9-13(10-8-12)18(2)22(20,21)15-6-4-3-5-14(15)16/h3-10H,1-2H3,(H,17,19). The number of amides is 1. The summed E-state index contributed by atoms with van der Waals surface area (Å²) in [5.41, 5.74) is 1.06. The maximum Gasteiger partial charge on any atom is 0.265 e. The highest BCUT2D eigenvalue weighted by molar-refractivity contribution is 7.93. The fourth-order valence-electron chi connectivity index (χ4n) is 1.90. The highest BCUT2D eigenvalue weighted by atomic mass is 35.5. The van der Waals surface area contributed by atoms with Crippen LogP contribution in [0.15, 0.2) is 53.4 Å². The molecule has 0 bridgehead atoms. The number of hydrogen-bond acceptors (Lipinski definition) is 3. The Labute approximate surface area is 134 Å². The van der Waals surface area contributed by atoms with Gasteiger partial charge in [-0.15, -0.1) is 0 Å². The largest absolute Gasteiger partial charge is 0.326 e. The molecule has 0 unspecified atom stereocenters. The van der Waals surface area contributed by atoms with Crippen molar-refractivity contribution in [1.82, 2.24) is 0 Å². The SMILES string of the molecule is CC(=O)Nc1ccc(N(C)S(=O)(=O)c2ccccc2Cl)cc1. The van der Waals surface area contributed by atoms with E-state index in [1.54, 1.807) is 36.4 Å². The maximum absolute atomic E-state index is 12.6. The van der Waals surface area contributed by atoms with Crippen LogP contribution >= 0.6 is 11.6 Å². The molecule has 7 heteroatoms. The van der Waals surface area contributed by atoms with Gasteiger partial charge in [0, 0.05) is 19.7 Å². The Morgan fingerprint density at radius 1 is 1.09 bits per heavy atom. The summed E-state index contributed by atoms with van der Waals surface area (Å²) in [5, 5.41) is 2.79. The highest BCUT2D eigenvalue weighted by Crippen LogP contribution is 2.27. The summed E-state index contributed by atoms with van der Waals surface area (Å²) in [7, 11) is -2.29. The molecule has 0 aliphatic carbocycles. The minimum absolute atomic E-state index is 0.0464. The molecule has 0 saturated heterocycles. The van der Waals surface area contributed by atoms with Crippen LogP contribution in [-0.4, -0.2) is 21.4 Å². The first-order valence-electron chi connectivity index (χ1n) is 6.43. The first-order chi connectivity index (χ1) is 10.3. The average Bonchev–Trinajstić information content (AvgIpc) is 2.47. The van der Waals surface area contributed by atoms with Gasteiger partial charge in [-0.25, -0.2) is 8.42 Å². The molecule has 2 aromatic carbocycles. The Morgan fingerprint density at radius 3 is 2.23 bits per heavy atom. The van der Waals surface area contributed by atoms with Crippen LogP contribution in [-0.2, 0) is 14.8 Å². The summed E-state index contributed by atoms with van der Waals surface area (Å²) in [6.07, 6.45) is 0. The van der Waals surface area contributed by atoms with Crippen LogP contribution in [0.25, 0.3) is 0 Å². The second kappa shape index (κ2) is 6.37. The maximum atomic E-state index is 12.6. The van der Waals surface area contributed by atoms with Crippen molar-refractivity contribution in [3.8, 4) is 0 Å². The number of carbonyl (C=O) groups is 1. The van der Waals surface area contributed by atoms with E-state index in [0.29, 0.717) is 11.4 Å². The molecule has 2 aromatic rings. The summed E-state index contributed by atoms with van der Waals surface area (Å²) in [6.45, 7) is 1.40. The van der Waals surface area contributed by atoms with Gasteiger partial charge in [0.15, 0.2) is 0 Å². The van der Waals surface area contributed by atoms with Gasteiger partial charge < -0.3 is 5.32 Å². The van der Waals surface area contributed by atoms with Crippen LogP contribution in [0.2, 0.25) is 5.02 Å². The van der Waals surface area contributed by atoms with E-state index in [9.17, 15) is 13.2 Å². The summed E-state index contributed by atoms with van der Waals surface area (Å²) in [5.74, 6) is -0.190. The van der Waals surface area contributed by atoms with Crippen LogP contribution in [0.4, 0.5) is 11.4 Å². The molecule has 2 rings (SSSR count). The molecule has 1 N–H and O–H groups in total. The Hall–Kier alpha value is -2.05. The zero-order valence-corrected chi connectivity index (χ0v) is 13.6. The molecule has 0 atom stereocenters. The third-order valence-corrected chi connectivity index (χ3v) is 5.31. The lowest BCUT2D eigenvalue weighted by molar-refractivity contribution is -0.114. The Bertz CT molecular complexity index is 789. The molecule has 0 aliphatic heterocycles. The van der Waals surface area contributed by atoms with Crippen LogP contribution in [0, 0.1) is 0 Å². The van der Waals surface area contributed by atoms with Crippen molar-refractivity contribution < 1.29 is 13.2 Å². The van der Waals surface area contributed by atoms with Crippen LogP contribution in [0.5, 0.6) is 0 Å². The monoisotopic (exact) mass is 338 g/mol. The molecule has 0 heterocycles. The zero-order chi connectivity index (χ0) is 16.3. The lowest BCUT2D eigenvalue weighted by Crippen LogP contribution is -2.26. The highest BCUT2D eigenvalue weighted by Gasteiger charge is 2.23. The van der Waals surface area contributed by atoms with Crippen molar-refractivity contribution >= 4 is 38.9 Å². The number of benzene rings is 2.